The summed E-state index contributed by atoms with van der Waals surface area (Å²) < 4.78 is 29.0. The predicted octanol–water partition coefficient (Wildman–Crippen LogP) is 2.17. The predicted molar refractivity (Wildman–Crippen MR) is 58.5 cm³/mol. The summed E-state index contributed by atoms with van der Waals surface area (Å²) in [4.78, 5) is 3.79. The maximum Gasteiger partial charge on any atom is 0.290 e. The third kappa shape index (κ3) is 2.68. The highest BCUT2D eigenvalue weighted by Crippen LogP contribution is 2.29. The van der Waals surface area contributed by atoms with Gasteiger partial charge in [-0.05, 0) is 0 Å². The second-order valence-electron chi connectivity index (χ2n) is 3.77. The highest BCUT2D eigenvalue weighted by molar-refractivity contribution is 5.19. The van der Waals surface area contributed by atoms with Crippen LogP contribution in [-0.4, -0.2) is 14.7 Å². The Morgan fingerprint density at radius 1 is 1.24 bits per heavy atom. The van der Waals surface area contributed by atoms with E-state index in [1.165, 1.54) is 29.2 Å². The highest BCUT2D eigenvalue weighted by atomic mass is 19.3. The van der Waals surface area contributed by atoms with Gasteiger partial charge in [-0.1, -0.05) is 30.3 Å². The van der Waals surface area contributed by atoms with Crippen molar-refractivity contribution in [1.29, 1.82) is 0 Å². The molecule has 1 N–H and O–H groups in total. The Kier molecular flexibility index (Phi) is 3.19. The molecular weight excluding hydrogens is 226 g/mol. The fraction of sp³-hybridized carbons (Fsp3) is 0.250. The van der Waals surface area contributed by atoms with E-state index >= 15 is 0 Å². The van der Waals surface area contributed by atoms with Crippen molar-refractivity contribution in [3.8, 4) is 0 Å². The molecular formula is C12H12F2N2O. The van der Waals surface area contributed by atoms with E-state index in [1.807, 2.05) is 0 Å². The zero-order valence-corrected chi connectivity index (χ0v) is 9.05. The Morgan fingerprint density at radius 3 is 2.53 bits per heavy atom. The first-order valence-electron chi connectivity index (χ1n) is 5.17. The van der Waals surface area contributed by atoms with Crippen LogP contribution in [0, 0.1) is 0 Å². The van der Waals surface area contributed by atoms with Gasteiger partial charge in [-0.3, -0.25) is 0 Å². The molecule has 0 aliphatic heterocycles. The van der Waals surface area contributed by atoms with Gasteiger partial charge in [0.15, 0.2) is 0 Å². The first kappa shape index (κ1) is 11.7. The molecule has 2 aromatic rings. The molecule has 0 aliphatic carbocycles. The van der Waals surface area contributed by atoms with E-state index in [-0.39, 0.29) is 12.2 Å². The Labute approximate surface area is 97.3 Å². The summed E-state index contributed by atoms with van der Waals surface area (Å²) >= 11 is 0. The van der Waals surface area contributed by atoms with Crippen LogP contribution in [0.15, 0.2) is 42.9 Å². The monoisotopic (exact) mass is 238 g/mol. The maximum atomic E-state index is 13.8. The number of benzene rings is 1. The van der Waals surface area contributed by atoms with Crippen LogP contribution >= 0.6 is 0 Å². The van der Waals surface area contributed by atoms with E-state index in [1.54, 1.807) is 18.2 Å². The Morgan fingerprint density at radius 2 is 1.94 bits per heavy atom. The SMILES string of the molecule is OCc1cn(CC(F)(F)c2ccccc2)cn1. The molecule has 0 atom stereocenters. The van der Waals surface area contributed by atoms with Crippen LogP contribution in [-0.2, 0) is 19.1 Å². The summed E-state index contributed by atoms with van der Waals surface area (Å²) in [6, 6.07) is 7.64. The van der Waals surface area contributed by atoms with Crippen molar-refractivity contribution < 1.29 is 13.9 Å². The molecule has 1 aromatic heterocycles. The summed E-state index contributed by atoms with van der Waals surface area (Å²) in [5.41, 5.74) is 0.355. The van der Waals surface area contributed by atoms with Crippen molar-refractivity contribution in [2.45, 2.75) is 19.1 Å². The van der Waals surface area contributed by atoms with E-state index in [0.717, 1.165) is 0 Å². The van der Waals surface area contributed by atoms with Crippen molar-refractivity contribution in [2.24, 2.45) is 0 Å². The molecule has 2 rings (SSSR count). The number of halogens is 2. The largest absolute Gasteiger partial charge is 0.390 e. The van der Waals surface area contributed by atoms with Crippen molar-refractivity contribution in [3.63, 3.8) is 0 Å². The van der Waals surface area contributed by atoms with Crippen molar-refractivity contribution >= 4 is 0 Å². The molecule has 90 valence electrons. The molecule has 0 fully saturated rings. The smallest absolute Gasteiger partial charge is 0.290 e. The lowest BCUT2D eigenvalue weighted by atomic mass is 10.1. The fourth-order valence-electron chi connectivity index (χ4n) is 1.58. The van der Waals surface area contributed by atoms with Crippen LogP contribution in [0.2, 0.25) is 0 Å². The van der Waals surface area contributed by atoms with E-state index in [4.69, 9.17) is 5.11 Å². The van der Waals surface area contributed by atoms with Gasteiger partial charge in [0.25, 0.3) is 5.92 Å². The molecule has 17 heavy (non-hydrogen) atoms. The standard InChI is InChI=1S/C12H12F2N2O/c13-12(14,10-4-2-1-3-5-10)8-16-6-11(7-17)15-9-16/h1-6,9,17H,7-8H2. The molecule has 0 aliphatic rings. The number of aliphatic hydroxyl groups excluding tert-OH is 1. The van der Waals surface area contributed by atoms with E-state index < -0.39 is 12.5 Å². The maximum absolute atomic E-state index is 13.8. The van der Waals surface area contributed by atoms with Gasteiger partial charge in [0.05, 0.1) is 25.2 Å². The van der Waals surface area contributed by atoms with Crippen LogP contribution in [0.25, 0.3) is 0 Å². The lowest BCUT2D eigenvalue weighted by molar-refractivity contribution is -0.0223. The van der Waals surface area contributed by atoms with Gasteiger partial charge >= 0.3 is 0 Å². The van der Waals surface area contributed by atoms with Gasteiger partial charge < -0.3 is 9.67 Å². The minimum Gasteiger partial charge on any atom is -0.390 e. The van der Waals surface area contributed by atoms with Gasteiger partial charge in [-0.25, -0.2) is 4.98 Å². The fourth-order valence-corrected chi connectivity index (χ4v) is 1.58. The summed E-state index contributed by atoms with van der Waals surface area (Å²) in [5, 5.41) is 8.80. The number of imidazole rings is 1. The zero-order valence-electron chi connectivity index (χ0n) is 9.05. The third-order valence-corrected chi connectivity index (χ3v) is 2.43. The molecule has 0 bridgehead atoms. The second-order valence-corrected chi connectivity index (χ2v) is 3.77. The molecule has 1 aromatic carbocycles. The lowest BCUT2D eigenvalue weighted by Crippen LogP contribution is -2.20. The minimum atomic E-state index is -2.95. The van der Waals surface area contributed by atoms with Gasteiger partial charge in [-0.15, -0.1) is 0 Å². The number of hydrogen-bond donors (Lipinski definition) is 1. The number of rotatable bonds is 4. The van der Waals surface area contributed by atoms with E-state index in [9.17, 15) is 8.78 Å². The summed E-state index contributed by atoms with van der Waals surface area (Å²) in [6.45, 7) is -0.728. The van der Waals surface area contributed by atoms with Crippen LogP contribution < -0.4 is 0 Å². The number of aromatic nitrogens is 2. The van der Waals surface area contributed by atoms with Gasteiger partial charge in [-0.2, -0.15) is 8.78 Å². The second kappa shape index (κ2) is 4.63. The van der Waals surface area contributed by atoms with Gasteiger partial charge in [0, 0.05) is 11.8 Å². The zero-order chi connectivity index (χ0) is 12.3. The number of aliphatic hydroxyl groups is 1. The summed E-state index contributed by atoms with van der Waals surface area (Å²) in [6.07, 6.45) is 2.71. The normalized spacial score (nSPS) is 11.7. The van der Waals surface area contributed by atoms with Crippen molar-refractivity contribution in [3.05, 3.63) is 54.1 Å². The molecule has 3 nitrogen and oxygen atoms in total. The highest BCUT2D eigenvalue weighted by Gasteiger charge is 2.31. The lowest BCUT2D eigenvalue weighted by Gasteiger charge is -2.16. The van der Waals surface area contributed by atoms with Crippen molar-refractivity contribution in [1.82, 2.24) is 9.55 Å². The average Bonchev–Trinajstić information content (AvgIpc) is 2.77. The van der Waals surface area contributed by atoms with Crippen LogP contribution in [0.5, 0.6) is 0 Å². The topological polar surface area (TPSA) is 38.0 Å². The molecule has 0 radical (unpaired) electrons. The minimum absolute atomic E-state index is 0.0285. The Hall–Kier alpha value is -1.75. The molecule has 0 spiro atoms. The summed E-state index contributed by atoms with van der Waals surface area (Å²) in [5.74, 6) is -2.95. The molecule has 5 heteroatoms. The molecule has 0 saturated heterocycles. The number of nitrogens with zero attached hydrogens (tertiary/aromatic N) is 2. The first-order chi connectivity index (χ1) is 8.12. The first-order valence-corrected chi connectivity index (χ1v) is 5.17. The van der Waals surface area contributed by atoms with Crippen LogP contribution in [0.3, 0.4) is 0 Å². The Bertz CT molecular complexity index is 482. The van der Waals surface area contributed by atoms with Crippen molar-refractivity contribution in [2.75, 3.05) is 0 Å². The van der Waals surface area contributed by atoms with Crippen LogP contribution in [0.1, 0.15) is 11.3 Å². The van der Waals surface area contributed by atoms with Gasteiger partial charge in [0.1, 0.15) is 0 Å². The molecule has 0 saturated carbocycles. The molecule has 0 unspecified atom stereocenters. The quantitative estimate of drug-likeness (QED) is 0.886. The van der Waals surface area contributed by atoms with E-state index in [2.05, 4.69) is 4.98 Å². The number of alkyl halides is 2. The van der Waals surface area contributed by atoms with Gasteiger partial charge in [0.2, 0.25) is 0 Å². The molecule has 0 amide bonds. The third-order valence-electron chi connectivity index (χ3n) is 2.43. The van der Waals surface area contributed by atoms with Crippen LogP contribution in [0.4, 0.5) is 8.78 Å². The number of hydrogen-bond acceptors (Lipinski definition) is 2. The Balaban J connectivity index is 2.17. The average molecular weight is 238 g/mol. The molecule has 1 heterocycles. The summed E-state index contributed by atoms with van der Waals surface area (Å²) in [7, 11) is 0. The van der Waals surface area contributed by atoms with E-state index in [0.29, 0.717) is 5.69 Å².